The van der Waals surface area contributed by atoms with E-state index in [0.717, 1.165) is 12.8 Å². The molecule has 12 nitrogen and oxygen atoms in total. The van der Waals surface area contributed by atoms with E-state index in [9.17, 15) is 42.3 Å². The lowest BCUT2D eigenvalue weighted by molar-refractivity contribution is -0.149. The third-order valence-corrected chi connectivity index (χ3v) is 8.98. The van der Waals surface area contributed by atoms with Gasteiger partial charge in [0.1, 0.15) is 12.3 Å². The lowest BCUT2D eigenvalue weighted by atomic mass is 9.84. The number of carbonyl (C=O) groups is 5. The average Bonchev–Trinajstić information content (AvgIpc) is 3.70. The van der Waals surface area contributed by atoms with Gasteiger partial charge in [0.25, 0.3) is 5.91 Å². The molecule has 0 aromatic heterocycles. The molecule has 1 aliphatic carbocycles. The summed E-state index contributed by atoms with van der Waals surface area (Å²) in [6.07, 6.45) is -4.72. The van der Waals surface area contributed by atoms with Gasteiger partial charge < -0.3 is 31.1 Å². The van der Waals surface area contributed by atoms with E-state index in [2.05, 4.69) is 27.8 Å². The van der Waals surface area contributed by atoms with E-state index in [-0.39, 0.29) is 31.5 Å². The number of aliphatic hydroxyl groups excluding tert-OH is 1. The molecule has 1 saturated carbocycles. The van der Waals surface area contributed by atoms with Crippen LogP contribution >= 0.6 is 0 Å². The average molecular weight is 704 g/mol. The minimum Gasteiger partial charge on any atom is -0.464 e. The van der Waals surface area contributed by atoms with Crippen LogP contribution in [0.5, 0.6) is 0 Å². The molecule has 0 bridgehead atoms. The molecule has 6 atom stereocenters. The number of carbonyl (C=O) groups excluding carboxylic acids is 5. The van der Waals surface area contributed by atoms with E-state index in [1.807, 2.05) is 13.8 Å². The fourth-order valence-electron chi connectivity index (χ4n) is 5.87. The third kappa shape index (κ3) is 12.9. The van der Waals surface area contributed by atoms with Gasteiger partial charge in [-0.2, -0.15) is 13.2 Å². The molecule has 0 spiro atoms. The monoisotopic (exact) mass is 703 g/mol. The van der Waals surface area contributed by atoms with Crippen LogP contribution in [0.2, 0.25) is 0 Å². The molecule has 0 radical (unpaired) electrons. The highest BCUT2D eigenvalue weighted by atomic mass is 19.4. The third-order valence-electron chi connectivity index (χ3n) is 8.98. The number of likely N-dealkylation sites (tertiary alicyclic amines) is 1. The molecular formula is C34H56F3N5O7. The van der Waals surface area contributed by atoms with Crippen LogP contribution in [0, 0.1) is 28.6 Å². The number of esters is 1. The van der Waals surface area contributed by atoms with Crippen LogP contribution in [-0.4, -0.2) is 95.9 Å². The van der Waals surface area contributed by atoms with Crippen molar-refractivity contribution in [2.75, 3.05) is 19.7 Å². The van der Waals surface area contributed by atoms with Crippen LogP contribution in [0.25, 0.3) is 0 Å². The predicted molar refractivity (Wildman–Crippen MR) is 177 cm³/mol. The second-order valence-electron chi connectivity index (χ2n) is 15.7. The number of ketones is 1. The Balaban J connectivity index is 2.34. The number of ether oxygens (including phenoxy) is 1. The van der Waals surface area contributed by atoms with Gasteiger partial charge in [0, 0.05) is 19.5 Å². The van der Waals surface area contributed by atoms with Crippen LogP contribution < -0.4 is 21.3 Å². The zero-order valence-electron chi connectivity index (χ0n) is 30.0. The number of nitrogens with zero attached hydrogens (tertiary/aromatic N) is 1. The number of aliphatic hydroxyl groups is 1. The molecule has 2 fully saturated rings. The number of halogens is 3. The highest BCUT2D eigenvalue weighted by Crippen LogP contribution is 2.35. The Hall–Kier alpha value is -3.20. The van der Waals surface area contributed by atoms with Crippen LogP contribution in [0.4, 0.5) is 18.0 Å². The molecule has 2 unspecified atom stereocenters. The van der Waals surface area contributed by atoms with Crippen molar-refractivity contribution >= 4 is 29.6 Å². The molecule has 2 aliphatic rings. The minimum atomic E-state index is -4.65. The van der Waals surface area contributed by atoms with Gasteiger partial charge in [0.2, 0.25) is 11.7 Å². The topological polar surface area (TPSA) is 166 Å². The molecule has 2 rings (SSSR count). The standard InChI is InChI=1S/C34H56F3N5O7/c1-10-16-38-28(45)24(43)22(13-15-34(35,36)37)39-27(44)23-21(19(2)3)14-17-42(23)29(46)25(32(4,5)6)40-31(48)41-26(33(7,8)9)30(47)49-18-20-11-12-20/h10,19-23,25-26,29,46H,1,11-18H2,2-9H3,(H,38,45)(H,39,44)(H2,40,41,48)/t21-,22?,23+,25-,26-,29?/m1/s1. The number of alkyl halides is 3. The van der Waals surface area contributed by atoms with E-state index in [1.165, 1.54) is 11.0 Å². The number of amides is 4. The molecule has 0 aromatic carbocycles. The summed E-state index contributed by atoms with van der Waals surface area (Å²) in [4.78, 5) is 67.0. The summed E-state index contributed by atoms with van der Waals surface area (Å²) in [5.41, 5.74) is -1.51. The molecule has 1 aliphatic heterocycles. The van der Waals surface area contributed by atoms with Crippen LogP contribution in [0.3, 0.4) is 0 Å². The molecule has 0 aromatic rings. The van der Waals surface area contributed by atoms with E-state index >= 15 is 0 Å². The second-order valence-corrected chi connectivity index (χ2v) is 15.7. The molecule has 15 heteroatoms. The molecule has 4 amide bonds. The smallest absolute Gasteiger partial charge is 0.389 e. The summed E-state index contributed by atoms with van der Waals surface area (Å²) in [5, 5.41) is 21.9. The maximum Gasteiger partial charge on any atom is 0.389 e. The van der Waals surface area contributed by atoms with Crippen molar-refractivity contribution in [2.24, 2.45) is 28.6 Å². The van der Waals surface area contributed by atoms with Crippen molar-refractivity contribution in [2.45, 2.75) is 124 Å². The van der Waals surface area contributed by atoms with Gasteiger partial charge in [-0.3, -0.25) is 19.3 Å². The first-order valence-corrected chi connectivity index (χ1v) is 17.0. The van der Waals surface area contributed by atoms with Crippen LogP contribution in [-0.2, 0) is 23.9 Å². The van der Waals surface area contributed by atoms with Gasteiger partial charge in [0.05, 0.1) is 24.7 Å². The van der Waals surface area contributed by atoms with Crippen molar-refractivity contribution in [1.29, 1.82) is 0 Å². The highest BCUT2D eigenvalue weighted by molar-refractivity contribution is 6.38. The van der Waals surface area contributed by atoms with Crippen molar-refractivity contribution in [3.63, 3.8) is 0 Å². The second kappa shape index (κ2) is 17.1. The Labute approximate surface area is 287 Å². The quantitative estimate of drug-likeness (QED) is 0.0927. The van der Waals surface area contributed by atoms with Crippen LogP contribution in [0.15, 0.2) is 12.7 Å². The molecule has 280 valence electrons. The Bertz CT molecular complexity index is 1190. The molecule has 49 heavy (non-hydrogen) atoms. The fraction of sp³-hybridized carbons (Fsp3) is 0.794. The maximum atomic E-state index is 13.9. The highest BCUT2D eigenvalue weighted by Gasteiger charge is 2.48. The number of Topliss-reactive ketones (excluding diaryl/α,β-unsaturated/α-hetero) is 1. The number of hydrogen-bond donors (Lipinski definition) is 5. The molecule has 1 saturated heterocycles. The normalized spacial score (nSPS) is 21.2. The zero-order chi connectivity index (χ0) is 37.5. The molecule has 1 heterocycles. The SMILES string of the molecule is C=CCNC(=O)C(=O)C(CCC(F)(F)F)NC(=O)[C@@H]1[C@@H](C(C)C)CCN1C(O)[C@@H](NC(=O)N[C@H](C(=O)OCC1CC1)C(C)(C)C)C(C)(C)C. The minimum absolute atomic E-state index is 0.102. The number of rotatable bonds is 16. The van der Waals surface area contributed by atoms with Gasteiger partial charge in [-0.05, 0) is 54.3 Å². The van der Waals surface area contributed by atoms with E-state index in [4.69, 9.17) is 4.74 Å². The Morgan fingerprint density at radius 3 is 2.06 bits per heavy atom. The van der Waals surface area contributed by atoms with Crippen molar-refractivity contribution < 1.29 is 47.0 Å². The summed E-state index contributed by atoms with van der Waals surface area (Å²) in [7, 11) is 0. The number of hydrogen-bond acceptors (Lipinski definition) is 8. The first kappa shape index (κ1) is 42.0. The van der Waals surface area contributed by atoms with Crippen molar-refractivity contribution in [1.82, 2.24) is 26.2 Å². The van der Waals surface area contributed by atoms with Crippen LogP contribution in [0.1, 0.15) is 87.5 Å². The predicted octanol–water partition coefficient (Wildman–Crippen LogP) is 3.43. The zero-order valence-corrected chi connectivity index (χ0v) is 30.0. The first-order chi connectivity index (χ1) is 22.5. The Morgan fingerprint density at radius 1 is 0.959 bits per heavy atom. The summed E-state index contributed by atoms with van der Waals surface area (Å²) in [5.74, 6) is -3.98. The fourth-order valence-corrected chi connectivity index (χ4v) is 5.87. The summed E-state index contributed by atoms with van der Waals surface area (Å²) < 4.78 is 45.0. The molecular weight excluding hydrogens is 647 g/mol. The Morgan fingerprint density at radius 2 is 1.57 bits per heavy atom. The van der Waals surface area contributed by atoms with Crippen molar-refractivity contribution in [3.05, 3.63) is 12.7 Å². The van der Waals surface area contributed by atoms with E-state index in [1.54, 1.807) is 41.5 Å². The summed E-state index contributed by atoms with van der Waals surface area (Å²) in [6.45, 7) is 18.2. The maximum absolute atomic E-state index is 13.9. The number of nitrogens with one attached hydrogen (secondary N) is 4. The van der Waals surface area contributed by atoms with Gasteiger partial charge in [0.15, 0.2) is 0 Å². The first-order valence-electron chi connectivity index (χ1n) is 17.0. The molecule has 5 N–H and O–H groups in total. The van der Waals surface area contributed by atoms with Gasteiger partial charge >= 0.3 is 18.2 Å². The van der Waals surface area contributed by atoms with Gasteiger partial charge in [-0.15, -0.1) is 6.58 Å². The summed E-state index contributed by atoms with van der Waals surface area (Å²) in [6, 6.07) is -5.64. The Kier molecular flexibility index (Phi) is 14.7. The van der Waals surface area contributed by atoms with E-state index in [0.29, 0.717) is 12.3 Å². The van der Waals surface area contributed by atoms with E-state index < -0.39 is 89.8 Å². The lowest BCUT2D eigenvalue weighted by Crippen LogP contribution is -2.64. The van der Waals surface area contributed by atoms with Crippen molar-refractivity contribution in [3.8, 4) is 0 Å². The summed E-state index contributed by atoms with van der Waals surface area (Å²) >= 11 is 0. The number of urea groups is 1. The van der Waals surface area contributed by atoms with Gasteiger partial charge in [-0.25, -0.2) is 9.59 Å². The largest absolute Gasteiger partial charge is 0.464 e. The van der Waals surface area contributed by atoms with Gasteiger partial charge in [-0.1, -0.05) is 61.5 Å². The lowest BCUT2D eigenvalue weighted by Gasteiger charge is -2.42.